The van der Waals surface area contributed by atoms with Crippen LogP contribution in [0.15, 0.2) is 41.1 Å². The van der Waals surface area contributed by atoms with Crippen LogP contribution in [-0.2, 0) is 11.2 Å². The molecule has 0 aliphatic carbocycles. The average molecular weight is 307 g/mol. The van der Waals surface area contributed by atoms with Crippen molar-refractivity contribution in [2.75, 3.05) is 13.1 Å². The summed E-state index contributed by atoms with van der Waals surface area (Å²) in [5, 5.41) is 4.40. The van der Waals surface area contributed by atoms with E-state index in [1.54, 1.807) is 23.1 Å². The van der Waals surface area contributed by atoms with Crippen LogP contribution >= 0.6 is 11.6 Å². The van der Waals surface area contributed by atoms with E-state index in [0.717, 1.165) is 12.2 Å². The van der Waals surface area contributed by atoms with Crippen molar-refractivity contribution in [2.24, 2.45) is 0 Å². The van der Waals surface area contributed by atoms with E-state index in [4.69, 9.17) is 20.9 Å². The number of hydrogen-bond acceptors (Lipinski definition) is 4. The molecule has 1 aliphatic rings. The predicted octanol–water partition coefficient (Wildman–Crippen LogP) is 2.55. The van der Waals surface area contributed by atoms with Gasteiger partial charge in [-0.05, 0) is 18.2 Å². The minimum Gasteiger partial charge on any atom is -0.488 e. The maximum absolute atomic E-state index is 12.1. The molecule has 110 valence electrons. The van der Waals surface area contributed by atoms with E-state index in [2.05, 4.69) is 5.16 Å². The lowest BCUT2D eigenvalue weighted by atomic mass is 10.3. The highest BCUT2D eigenvalue weighted by molar-refractivity contribution is 6.30. The summed E-state index contributed by atoms with van der Waals surface area (Å²) in [6.45, 7) is 1.28. The largest absolute Gasteiger partial charge is 0.488 e. The van der Waals surface area contributed by atoms with Crippen molar-refractivity contribution in [2.45, 2.75) is 18.9 Å². The van der Waals surface area contributed by atoms with Crippen LogP contribution in [0.5, 0.6) is 5.75 Å². The number of likely N-dealkylation sites (tertiary alicyclic amines) is 1. The van der Waals surface area contributed by atoms with Gasteiger partial charge >= 0.3 is 0 Å². The topological polar surface area (TPSA) is 55.6 Å². The minimum atomic E-state index is 0.00438. The van der Waals surface area contributed by atoms with Crippen LogP contribution in [-0.4, -0.2) is 35.2 Å². The Bertz CT molecular complexity index is 615. The number of hydrogen-bond donors (Lipinski definition) is 0. The first-order valence-electron chi connectivity index (χ1n) is 6.80. The summed E-state index contributed by atoms with van der Waals surface area (Å²) >= 11 is 5.93. The summed E-state index contributed by atoms with van der Waals surface area (Å²) in [6.07, 6.45) is 2.56. The summed E-state index contributed by atoms with van der Waals surface area (Å²) in [7, 11) is 0. The summed E-state index contributed by atoms with van der Waals surface area (Å²) in [4.78, 5) is 13.9. The lowest BCUT2D eigenvalue weighted by Crippen LogP contribution is -2.32. The number of carbonyl (C=O) groups excluding carboxylic acids is 1. The molecule has 0 saturated carbocycles. The van der Waals surface area contributed by atoms with Crippen molar-refractivity contribution in [1.29, 1.82) is 0 Å². The van der Waals surface area contributed by atoms with Gasteiger partial charge in [0.25, 0.3) is 0 Å². The zero-order valence-electron chi connectivity index (χ0n) is 11.4. The predicted molar refractivity (Wildman–Crippen MR) is 77.3 cm³/mol. The number of amides is 1. The molecule has 5 nitrogen and oxygen atoms in total. The van der Waals surface area contributed by atoms with Crippen LogP contribution in [0, 0.1) is 0 Å². The normalized spacial score (nSPS) is 18.0. The molecule has 6 heteroatoms. The first kappa shape index (κ1) is 13.9. The molecule has 1 fully saturated rings. The first-order valence-corrected chi connectivity index (χ1v) is 7.18. The Kier molecular flexibility index (Phi) is 4.10. The van der Waals surface area contributed by atoms with E-state index < -0.39 is 0 Å². The Hall–Kier alpha value is -2.01. The van der Waals surface area contributed by atoms with E-state index in [1.807, 2.05) is 12.1 Å². The third-order valence-electron chi connectivity index (χ3n) is 3.42. The zero-order valence-corrected chi connectivity index (χ0v) is 12.1. The summed E-state index contributed by atoms with van der Waals surface area (Å²) in [5.41, 5.74) is 0.652. The fourth-order valence-electron chi connectivity index (χ4n) is 2.38. The van der Waals surface area contributed by atoms with Crippen LogP contribution in [0.25, 0.3) is 0 Å². The molecule has 2 aromatic rings. The maximum Gasteiger partial charge on any atom is 0.228 e. The van der Waals surface area contributed by atoms with Crippen LogP contribution in [0.2, 0.25) is 5.02 Å². The van der Waals surface area contributed by atoms with E-state index >= 15 is 0 Å². The Morgan fingerprint density at radius 2 is 2.38 bits per heavy atom. The fourth-order valence-corrected chi connectivity index (χ4v) is 2.56. The van der Waals surface area contributed by atoms with Crippen molar-refractivity contribution in [3.63, 3.8) is 0 Å². The summed E-state index contributed by atoms with van der Waals surface area (Å²) in [6, 6.07) is 9.00. The van der Waals surface area contributed by atoms with E-state index in [-0.39, 0.29) is 18.4 Å². The van der Waals surface area contributed by atoms with E-state index in [1.165, 1.54) is 6.26 Å². The molecule has 0 bridgehead atoms. The highest BCUT2D eigenvalue weighted by Crippen LogP contribution is 2.22. The smallest absolute Gasteiger partial charge is 0.228 e. The Morgan fingerprint density at radius 3 is 3.14 bits per heavy atom. The third-order valence-corrected chi connectivity index (χ3v) is 3.66. The SMILES string of the molecule is O=C(Cc1ccon1)N1CC[C@H](Oc2cccc(Cl)c2)C1. The number of aromatic nitrogens is 1. The number of ether oxygens (including phenoxy) is 1. The molecule has 3 rings (SSSR count). The second-order valence-corrected chi connectivity index (χ2v) is 5.43. The first-order chi connectivity index (χ1) is 10.2. The van der Waals surface area contributed by atoms with Crippen molar-refractivity contribution in [3.8, 4) is 5.75 Å². The molecule has 0 radical (unpaired) electrons. The van der Waals surface area contributed by atoms with Gasteiger partial charge in [0.05, 0.1) is 18.7 Å². The van der Waals surface area contributed by atoms with Crippen molar-refractivity contribution in [3.05, 3.63) is 47.3 Å². The second-order valence-electron chi connectivity index (χ2n) is 4.99. The molecule has 1 aliphatic heterocycles. The monoisotopic (exact) mass is 306 g/mol. The van der Waals surface area contributed by atoms with Crippen LogP contribution < -0.4 is 4.74 Å². The van der Waals surface area contributed by atoms with Crippen molar-refractivity contribution >= 4 is 17.5 Å². The van der Waals surface area contributed by atoms with Crippen LogP contribution in [0.4, 0.5) is 0 Å². The lowest BCUT2D eigenvalue weighted by molar-refractivity contribution is -0.129. The van der Waals surface area contributed by atoms with Gasteiger partial charge in [0.1, 0.15) is 18.1 Å². The standard InChI is InChI=1S/C15H15ClN2O3/c16-11-2-1-3-13(8-11)21-14-4-6-18(10-14)15(19)9-12-5-7-20-17-12/h1-3,5,7-8,14H,4,6,9-10H2/t14-/m0/s1. The number of benzene rings is 1. The molecule has 0 spiro atoms. The van der Waals surface area contributed by atoms with Gasteiger partial charge in [0.15, 0.2) is 0 Å². The number of halogens is 1. The van der Waals surface area contributed by atoms with E-state index in [9.17, 15) is 4.79 Å². The highest BCUT2D eigenvalue weighted by atomic mass is 35.5. The number of rotatable bonds is 4. The average Bonchev–Trinajstić information content (AvgIpc) is 3.10. The van der Waals surface area contributed by atoms with E-state index in [0.29, 0.717) is 23.8 Å². The maximum atomic E-state index is 12.1. The van der Waals surface area contributed by atoms with Gasteiger partial charge in [-0.15, -0.1) is 0 Å². The van der Waals surface area contributed by atoms with Gasteiger partial charge in [0, 0.05) is 24.1 Å². The zero-order chi connectivity index (χ0) is 14.7. The lowest BCUT2D eigenvalue weighted by Gasteiger charge is -2.17. The Balaban J connectivity index is 1.54. The van der Waals surface area contributed by atoms with Crippen LogP contribution in [0.1, 0.15) is 12.1 Å². The molecule has 0 N–H and O–H groups in total. The molecular weight excluding hydrogens is 292 g/mol. The molecule has 0 unspecified atom stereocenters. The van der Waals surface area contributed by atoms with Crippen LogP contribution in [0.3, 0.4) is 0 Å². The van der Waals surface area contributed by atoms with Gasteiger partial charge in [-0.25, -0.2) is 0 Å². The van der Waals surface area contributed by atoms with Crippen molar-refractivity contribution in [1.82, 2.24) is 10.1 Å². The van der Waals surface area contributed by atoms with Gasteiger partial charge in [-0.3, -0.25) is 4.79 Å². The summed E-state index contributed by atoms with van der Waals surface area (Å²) in [5.74, 6) is 0.777. The molecule has 1 aromatic carbocycles. The molecule has 1 atom stereocenters. The molecule has 1 aromatic heterocycles. The number of carbonyl (C=O) groups is 1. The Morgan fingerprint density at radius 1 is 1.48 bits per heavy atom. The summed E-state index contributed by atoms with van der Waals surface area (Å²) < 4.78 is 10.6. The second kappa shape index (κ2) is 6.18. The Labute approximate surface area is 127 Å². The molecule has 2 heterocycles. The highest BCUT2D eigenvalue weighted by Gasteiger charge is 2.27. The van der Waals surface area contributed by atoms with Crippen molar-refractivity contribution < 1.29 is 14.1 Å². The molecular formula is C15H15ClN2O3. The third kappa shape index (κ3) is 3.55. The molecule has 1 saturated heterocycles. The van der Waals surface area contributed by atoms with Gasteiger partial charge < -0.3 is 14.2 Å². The minimum absolute atomic E-state index is 0.00438. The quantitative estimate of drug-likeness (QED) is 0.871. The van der Waals surface area contributed by atoms with Gasteiger partial charge in [-0.2, -0.15) is 0 Å². The molecule has 21 heavy (non-hydrogen) atoms. The molecule has 1 amide bonds. The van der Waals surface area contributed by atoms with Gasteiger partial charge in [0.2, 0.25) is 5.91 Å². The fraction of sp³-hybridized carbons (Fsp3) is 0.333. The van der Waals surface area contributed by atoms with Gasteiger partial charge in [-0.1, -0.05) is 22.8 Å². The number of nitrogens with zero attached hydrogens (tertiary/aromatic N) is 2.